The van der Waals surface area contributed by atoms with E-state index in [-0.39, 0.29) is 25.2 Å². The normalized spacial score (nSPS) is 16.7. The minimum absolute atomic E-state index is 0.00767. The molecule has 0 rings (SSSR count). The van der Waals surface area contributed by atoms with Crippen molar-refractivity contribution in [1.82, 2.24) is 0 Å². The average Bonchev–Trinajstić information content (AvgIpc) is 2.23. The van der Waals surface area contributed by atoms with Crippen LogP contribution in [0.5, 0.6) is 0 Å². The third-order valence-electron chi connectivity index (χ3n) is 3.06. The Morgan fingerprint density at radius 3 is 2.22 bits per heavy atom. The predicted octanol–water partition coefficient (Wildman–Crippen LogP) is 1.20. The molecule has 6 nitrogen and oxygen atoms in total. The van der Waals surface area contributed by atoms with Crippen LogP contribution in [0.4, 0.5) is 0 Å². The molecule has 0 aromatic rings. The highest BCUT2D eigenvalue weighted by Gasteiger charge is 2.40. The Bertz CT molecular complexity index is 413. The van der Waals surface area contributed by atoms with E-state index in [1.165, 1.54) is 20.8 Å². The summed E-state index contributed by atoms with van der Waals surface area (Å²) in [5, 5.41) is -1.02. The highest BCUT2D eigenvalue weighted by Crippen LogP contribution is 2.28. The molecule has 1 N–H and O–H groups in total. The van der Waals surface area contributed by atoms with Crippen molar-refractivity contribution in [3.05, 3.63) is 0 Å². The molecule has 0 saturated carbocycles. The summed E-state index contributed by atoms with van der Waals surface area (Å²) >= 11 is 0. The van der Waals surface area contributed by atoms with E-state index in [0.29, 0.717) is 0 Å². The maximum Gasteiger partial charge on any atom is 0.319 e. The molecule has 0 spiro atoms. The number of carbonyl (C=O) groups is 2. The molecule has 0 saturated heterocycles. The van der Waals surface area contributed by atoms with E-state index in [4.69, 9.17) is 9.29 Å². The molecule has 0 radical (unpaired) electrons. The molecule has 0 amide bonds. The molecule has 0 aromatic carbocycles. The molecule has 0 heterocycles. The molecule has 18 heavy (non-hydrogen) atoms. The molecule has 0 fully saturated rings. The fourth-order valence-corrected chi connectivity index (χ4v) is 1.77. The number of rotatable bonds is 7. The van der Waals surface area contributed by atoms with Crippen LogP contribution in [-0.4, -0.2) is 36.6 Å². The lowest BCUT2D eigenvalue weighted by Crippen LogP contribution is -2.37. The van der Waals surface area contributed by atoms with Crippen LogP contribution >= 0.6 is 0 Å². The SMILES string of the molecule is CCOC(=O)C(C)(CCC(C)S(=O)(=O)O)C(C)=O. The van der Waals surface area contributed by atoms with Crippen LogP contribution < -0.4 is 0 Å². The highest BCUT2D eigenvalue weighted by molar-refractivity contribution is 7.86. The van der Waals surface area contributed by atoms with Gasteiger partial charge in [-0.15, -0.1) is 0 Å². The minimum Gasteiger partial charge on any atom is -0.465 e. The zero-order chi connectivity index (χ0) is 14.6. The third-order valence-corrected chi connectivity index (χ3v) is 4.31. The largest absolute Gasteiger partial charge is 0.465 e. The standard InChI is InChI=1S/C11H20O6S/c1-5-17-10(13)11(4,9(3)12)7-6-8(2)18(14,15)16/h8H,5-7H2,1-4H3,(H,14,15,16). The van der Waals surface area contributed by atoms with Gasteiger partial charge in [0.15, 0.2) is 0 Å². The topological polar surface area (TPSA) is 97.7 Å². The maximum absolute atomic E-state index is 11.7. The molecule has 0 aliphatic heterocycles. The van der Waals surface area contributed by atoms with Gasteiger partial charge in [0, 0.05) is 0 Å². The molecule has 0 bridgehead atoms. The van der Waals surface area contributed by atoms with E-state index in [0.717, 1.165) is 0 Å². The second-order valence-corrected chi connectivity index (χ2v) is 6.31. The quantitative estimate of drug-likeness (QED) is 0.427. The van der Waals surface area contributed by atoms with Crippen molar-refractivity contribution in [2.45, 2.75) is 45.8 Å². The Kier molecular flexibility index (Phi) is 5.95. The lowest BCUT2D eigenvalue weighted by atomic mass is 9.81. The van der Waals surface area contributed by atoms with Crippen molar-refractivity contribution < 1.29 is 27.3 Å². The van der Waals surface area contributed by atoms with Crippen LogP contribution in [0, 0.1) is 5.41 Å². The van der Waals surface area contributed by atoms with Crippen molar-refractivity contribution in [3.63, 3.8) is 0 Å². The van der Waals surface area contributed by atoms with Crippen LogP contribution in [0.2, 0.25) is 0 Å². The van der Waals surface area contributed by atoms with Gasteiger partial charge in [0.25, 0.3) is 10.1 Å². The van der Waals surface area contributed by atoms with E-state index in [1.54, 1.807) is 6.92 Å². The number of ketones is 1. The molecular formula is C11H20O6S. The molecule has 0 aliphatic carbocycles. The zero-order valence-corrected chi connectivity index (χ0v) is 11.9. The van der Waals surface area contributed by atoms with E-state index >= 15 is 0 Å². The Morgan fingerprint density at radius 2 is 1.89 bits per heavy atom. The van der Waals surface area contributed by atoms with Gasteiger partial charge in [0.1, 0.15) is 11.2 Å². The van der Waals surface area contributed by atoms with Gasteiger partial charge in [0.05, 0.1) is 11.9 Å². The summed E-state index contributed by atoms with van der Waals surface area (Å²) in [7, 11) is -4.15. The molecule has 0 aromatic heterocycles. The number of esters is 1. The number of hydrogen-bond donors (Lipinski definition) is 1. The summed E-state index contributed by atoms with van der Waals surface area (Å²) in [5.74, 6) is -1.05. The third kappa shape index (κ3) is 4.38. The second kappa shape index (κ2) is 6.29. The van der Waals surface area contributed by atoms with E-state index in [2.05, 4.69) is 0 Å². The van der Waals surface area contributed by atoms with Gasteiger partial charge < -0.3 is 4.74 Å². The van der Waals surface area contributed by atoms with E-state index < -0.39 is 26.8 Å². The average molecular weight is 280 g/mol. The fraction of sp³-hybridized carbons (Fsp3) is 0.818. The number of hydrogen-bond acceptors (Lipinski definition) is 5. The Hall–Kier alpha value is -0.950. The van der Waals surface area contributed by atoms with Gasteiger partial charge >= 0.3 is 5.97 Å². The Labute approximate surface area is 107 Å². The number of Topliss-reactive ketones (excluding diaryl/α,β-unsaturated/α-hetero) is 1. The Morgan fingerprint density at radius 1 is 1.39 bits per heavy atom. The lowest BCUT2D eigenvalue weighted by Gasteiger charge is -2.25. The summed E-state index contributed by atoms with van der Waals surface area (Å²) in [5.41, 5.74) is -1.37. The summed E-state index contributed by atoms with van der Waals surface area (Å²) in [4.78, 5) is 23.2. The van der Waals surface area contributed by atoms with Crippen molar-refractivity contribution in [2.24, 2.45) is 5.41 Å². The van der Waals surface area contributed by atoms with Crippen molar-refractivity contribution in [3.8, 4) is 0 Å². The zero-order valence-electron chi connectivity index (χ0n) is 11.1. The Balaban J connectivity index is 4.85. The van der Waals surface area contributed by atoms with Gasteiger partial charge in [-0.2, -0.15) is 8.42 Å². The molecule has 106 valence electrons. The van der Waals surface area contributed by atoms with Crippen LogP contribution in [0.3, 0.4) is 0 Å². The molecule has 0 aliphatic rings. The predicted molar refractivity (Wildman–Crippen MR) is 65.7 cm³/mol. The molecular weight excluding hydrogens is 260 g/mol. The summed E-state index contributed by atoms with van der Waals surface area (Å²) in [6.07, 6.45) is 0.0237. The first kappa shape index (κ1) is 17.1. The van der Waals surface area contributed by atoms with Crippen molar-refractivity contribution >= 4 is 21.9 Å². The van der Waals surface area contributed by atoms with Crippen LogP contribution in [0.15, 0.2) is 0 Å². The van der Waals surface area contributed by atoms with E-state index in [9.17, 15) is 18.0 Å². The van der Waals surface area contributed by atoms with Crippen molar-refractivity contribution in [1.29, 1.82) is 0 Å². The first-order chi connectivity index (χ1) is 8.05. The molecule has 7 heteroatoms. The van der Waals surface area contributed by atoms with Crippen molar-refractivity contribution in [2.75, 3.05) is 6.61 Å². The molecule has 2 atom stereocenters. The van der Waals surface area contributed by atoms with Crippen LogP contribution in [0.25, 0.3) is 0 Å². The molecule has 2 unspecified atom stereocenters. The summed E-state index contributed by atoms with van der Waals surface area (Å²) in [6, 6.07) is 0. The van der Waals surface area contributed by atoms with E-state index in [1.807, 2.05) is 0 Å². The van der Waals surface area contributed by atoms with Gasteiger partial charge in [-0.1, -0.05) is 0 Å². The van der Waals surface area contributed by atoms with Gasteiger partial charge in [0.2, 0.25) is 0 Å². The number of carbonyl (C=O) groups excluding carboxylic acids is 2. The second-order valence-electron chi connectivity index (χ2n) is 4.47. The van der Waals surface area contributed by atoms with Crippen LogP contribution in [0.1, 0.15) is 40.5 Å². The summed E-state index contributed by atoms with van der Waals surface area (Å²) < 4.78 is 35.4. The fourth-order valence-electron chi connectivity index (χ4n) is 1.35. The first-order valence-electron chi connectivity index (χ1n) is 5.70. The van der Waals surface area contributed by atoms with Gasteiger partial charge in [-0.05, 0) is 40.5 Å². The summed E-state index contributed by atoms with van der Waals surface area (Å²) in [6.45, 7) is 5.77. The first-order valence-corrected chi connectivity index (χ1v) is 7.20. The monoisotopic (exact) mass is 280 g/mol. The van der Waals surface area contributed by atoms with Gasteiger partial charge in [-0.3, -0.25) is 14.1 Å². The highest BCUT2D eigenvalue weighted by atomic mass is 32.2. The lowest BCUT2D eigenvalue weighted by molar-refractivity contribution is -0.159. The number of ether oxygens (including phenoxy) is 1. The maximum atomic E-state index is 11.7. The minimum atomic E-state index is -4.15. The smallest absolute Gasteiger partial charge is 0.319 e. The van der Waals surface area contributed by atoms with Crippen LogP contribution in [-0.2, 0) is 24.4 Å². The van der Waals surface area contributed by atoms with Gasteiger partial charge in [-0.25, -0.2) is 0 Å².